The largest absolute Gasteiger partial charge is 1.00 e. The summed E-state index contributed by atoms with van der Waals surface area (Å²) in [4.78, 5) is 12.3. The molecule has 2 rings (SSSR count). The normalized spacial score (nSPS) is 10.5. The van der Waals surface area contributed by atoms with Crippen LogP contribution in [0.5, 0.6) is 5.75 Å². The predicted molar refractivity (Wildman–Crippen MR) is 85.1 cm³/mol. The van der Waals surface area contributed by atoms with Gasteiger partial charge in [0.2, 0.25) is 0 Å². The summed E-state index contributed by atoms with van der Waals surface area (Å²) >= 11 is 12.1. The first-order chi connectivity index (χ1) is 9.52. The maximum Gasteiger partial charge on any atom is 1.00 e. The summed E-state index contributed by atoms with van der Waals surface area (Å²) in [5, 5.41) is 1.66. The Hall–Kier alpha value is -0.483. The van der Waals surface area contributed by atoms with Gasteiger partial charge in [-0.2, -0.15) is 5.30 Å². The fourth-order valence-corrected chi connectivity index (χ4v) is 3.41. The van der Waals surface area contributed by atoms with Gasteiger partial charge < -0.3 is 18.1 Å². The van der Waals surface area contributed by atoms with E-state index in [-0.39, 0.29) is 24.4 Å². The van der Waals surface area contributed by atoms with Crippen LogP contribution < -0.4 is 28.9 Å². The van der Waals surface area contributed by atoms with Crippen LogP contribution in [-0.4, -0.2) is 12.6 Å². The molecule has 0 aromatic heterocycles. The van der Waals surface area contributed by atoms with Crippen molar-refractivity contribution in [3.63, 3.8) is 0 Å². The van der Waals surface area contributed by atoms with Crippen molar-refractivity contribution in [1.82, 2.24) is 0 Å². The monoisotopic (exact) mass is 332 g/mol. The molecule has 0 radical (unpaired) electrons. The van der Waals surface area contributed by atoms with E-state index in [1.807, 2.05) is 25.1 Å². The molecule has 21 heavy (non-hydrogen) atoms. The van der Waals surface area contributed by atoms with Gasteiger partial charge in [-0.25, -0.2) is 0 Å². The topological polar surface area (TPSA) is 26.3 Å². The van der Waals surface area contributed by atoms with Crippen LogP contribution in [0.25, 0.3) is 0 Å². The average Bonchev–Trinajstić information content (AvgIpc) is 2.41. The molecule has 0 atom stereocenters. The van der Waals surface area contributed by atoms with Gasteiger partial charge in [0.15, 0.2) is 0 Å². The van der Waals surface area contributed by atoms with Crippen LogP contribution >= 0.6 is 31.8 Å². The molecule has 104 valence electrons. The Morgan fingerprint density at radius 2 is 1.76 bits per heavy atom. The van der Waals surface area contributed by atoms with Crippen LogP contribution in [0, 0.1) is 6.92 Å². The van der Waals surface area contributed by atoms with Gasteiger partial charge >= 0.3 is 18.9 Å². The van der Waals surface area contributed by atoms with E-state index in [9.17, 15) is 4.79 Å². The molecule has 0 aliphatic heterocycles. The minimum Gasteiger partial charge on any atom is -0.497 e. The molecule has 2 nitrogen and oxygen atoms in total. The SMILES string of the molecule is COc1ccc([P-]C(=O)c2c(Cl)cccc2Cl)c(C)c1.[Li+]. The minimum atomic E-state index is -0.117. The van der Waals surface area contributed by atoms with Gasteiger partial charge in [-0.15, -0.1) is 0 Å². The third kappa shape index (κ3) is 4.49. The number of rotatable bonds is 4. The quantitative estimate of drug-likeness (QED) is 0.629. The van der Waals surface area contributed by atoms with E-state index in [1.54, 1.807) is 25.3 Å². The molecule has 0 unspecified atom stereocenters. The van der Waals surface area contributed by atoms with E-state index in [0.717, 1.165) is 16.6 Å². The summed E-state index contributed by atoms with van der Waals surface area (Å²) in [6.45, 7) is 1.94. The van der Waals surface area contributed by atoms with E-state index < -0.39 is 0 Å². The third-order valence-corrected chi connectivity index (χ3v) is 4.60. The second kappa shape index (κ2) is 8.23. The first-order valence-corrected chi connectivity index (χ1v) is 7.52. The number of hydrogen-bond donors (Lipinski definition) is 0. The van der Waals surface area contributed by atoms with Gasteiger partial charge in [0.25, 0.3) is 0 Å². The molecule has 0 N–H and O–H groups in total. The summed E-state index contributed by atoms with van der Waals surface area (Å²) < 4.78 is 5.15. The summed E-state index contributed by atoms with van der Waals surface area (Å²) in [7, 11) is 2.16. The molecule has 0 saturated carbocycles. The second-order valence-electron chi connectivity index (χ2n) is 4.17. The molecule has 0 fully saturated rings. The van der Waals surface area contributed by atoms with Crippen molar-refractivity contribution in [3.05, 3.63) is 57.6 Å². The summed E-state index contributed by atoms with van der Waals surface area (Å²) in [5.41, 5.74) is 1.24. The van der Waals surface area contributed by atoms with Crippen LogP contribution in [0.1, 0.15) is 15.9 Å². The Morgan fingerprint density at radius 3 is 2.29 bits per heavy atom. The first kappa shape index (κ1) is 18.6. The molecule has 0 saturated heterocycles. The van der Waals surface area contributed by atoms with Gasteiger partial charge in [0.1, 0.15) is 5.75 Å². The number of ether oxygens (including phenoxy) is 1. The van der Waals surface area contributed by atoms with Crippen LogP contribution in [0.15, 0.2) is 36.4 Å². The Kier molecular flexibility index (Phi) is 7.28. The summed E-state index contributed by atoms with van der Waals surface area (Å²) in [6, 6.07) is 10.6. The summed E-state index contributed by atoms with van der Waals surface area (Å²) in [6.07, 6.45) is 0. The number of benzene rings is 2. The Labute approximate surface area is 148 Å². The number of methoxy groups -OCH3 is 1. The van der Waals surface area contributed by atoms with E-state index >= 15 is 0 Å². The molecule has 2 aromatic carbocycles. The number of aryl methyl sites for hydroxylation is 1. The molecule has 0 aliphatic rings. The van der Waals surface area contributed by atoms with Crippen molar-refractivity contribution in [3.8, 4) is 5.75 Å². The number of carbonyl (C=O) groups excluding carboxylic acids is 1. The van der Waals surface area contributed by atoms with Gasteiger partial charge in [-0.1, -0.05) is 40.9 Å². The summed E-state index contributed by atoms with van der Waals surface area (Å²) in [5.74, 6) is 0.768. The van der Waals surface area contributed by atoms with Crippen molar-refractivity contribution in [1.29, 1.82) is 0 Å². The molecular formula is C15H12Cl2LiO2P. The van der Waals surface area contributed by atoms with E-state index in [1.165, 1.54) is 0 Å². The van der Waals surface area contributed by atoms with Crippen LogP contribution in [-0.2, 0) is 0 Å². The first-order valence-electron chi connectivity index (χ1n) is 5.87. The van der Waals surface area contributed by atoms with Gasteiger partial charge in [0, 0.05) is 11.1 Å². The molecule has 6 heteroatoms. The fourth-order valence-electron chi connectivity index (χ4n) is 1.75. The predicted octanol–water partition coefficient (Wildman–Crippen LogP) is 1.73. The Bertz CT molecular complexity index is 642. The zero-order valence-electron chi connectivity index (χ0n) is 12.0. The molecule has 0 bridgehead atoms. The zero-order valence-corrected chi connectivity index (χ0v) is 14.4. The standard InChI is InChI=1S/C15H12Cl2O2P.Li/c1-9-8-10(19-2)6-7-13(9)20-15(18)14-11(16)4-3-5-12(14)17;/h3-8H,1-2H3;/q-1;+1. The number of hydrogen-bond acceptors (Lipinski definition) is 2. The van der Waals surface area contributed by atoms with Crippen molar-refractivity contribution < 1.29 is 28.4 Å². The van der Waals surface area contributed by atoms with Crippen LogP contribution in [0.2, 0.25) is 10.0 Å². The zero-order chi connectivity index (χ0) is 14.7. The molecule has 2 aromatic rings. The van der Waals surface area contributed by atoms with Crippen molar-refractivity contribution in [2.45, 2.75) is 6.92 Å². The van der Waals surface area contributed by atoms with Gasteiger partial charge in [-0.3, -0.25) is 0 Å². The number of halogens is 2. The van der Waals surface area contributed by atoms with Gasteiger partial charge in [-0.05, 0) is 31.2 Å². The minimum absolute atomic E-state index is 0. The number of carbonyl (C=O) groups is 1. The van der Waals surface area contributed by atoms with E-state index in [2.05, 4.69) is 0 Å². The van der Waals surface area contributed by atoms with Crippen LogP contribution in [0.4, 0.5) is 0 Å². The third-order valence-electron chi connectivity index (χ3n) is 2.80. The van der Waals surface area contributed by atoms with Crippen molar-refractivity contribution in [2.24, 2.45) is 0 Å². The van der Waals surface area contributed by atoms with Crippen molar-refractivity contribution >= 4 is 42.6 Å². The average molecular weight is 333 g/mol. The molecule has 0 heterocycles. The van der Waals surface area contributed by atoms with E-state index in [0.29, 0.717) is 24.2 Å². The van der Waals surface area contributed by atoms with Crippen molar-refractivity contribution in [2.75, 3.05) is 7.11 Å². The Morgan fingerprint density at radius 1 is 1.14 bits per heavy atom. The Balaban J connectivity index is 0.00000220. The van der Waals surface area contributed by atoms with Gasteiger partial charge in [0.05, 0.1) is 17.2 Å². The molecule has 0 spiro atoms. The smallest absolute Gasteiger partial charge is 0.497 e. The second-order valence-corrected chi connectivity index (χ2v) is 6.09. The molecule has 0 aliphatic carbocycles. The van der Waals surface area contributed by atoms with E-state index in [4.69, 9.17) is 27.9 Å². The van der Waals surface area contributed by atoms with Crippen LogP contribution in [0.3, 0.4) is 0 Å². The fraction of sp³-hybridized carbons (Fsp3) is 0.133. The maximum atomic E-state index is 12.3. The molecule has 0 amide bonds. The molecular weight excluding hydrogens is 321 g/mol. The maximum absolute atomic E-state index is 12.3.